The molecule has 0 aliphatic carbocycles. The number of amides is 1. The highest BCUT2D eigenvalue weighted by Crippen LogP contribution is 2.25. The van der Waals surface area contributed by atoms with Crippen molar-refractivity contribution in [2.75, 3.05) is 21.3 Å². The zero-order valence-electron chi connectivity index (χ0n) is 9.26. The maximum Gasteiger partial charge on any atom is 0.348 e. The van der Waals surface area contributed by atoms with E-state index in [1.165, 1.54) is 14.2 Å². The van der Waals surface area contributed by atoms with Crippen LogP contribution in [0.4, 0.5) is 0 Å². The highest BCUT2D eigenvalue weighted by atomic mass is 16.7. The number of esters is 2. The summed E-state index contributed by atoms with van der Waals surface area (Å²) in [5, 5.41) is 0.947. The Labute approximate surface area is 92.2 Å². The molecule has 1 aliphatic rings. The normalized spacial score (nSPS) is 23.8. The minimum Gasteiger partial charge on any atom is -0.466 e. The summed E-state index contributed by atoms with van der Waals surface area (Å²) in [5.41, 5.74) is 0. The molecule has 0 aromatic rings. The Kier molecular flexibility index (Phi) is 3.83. The third-order valence-electron chi connectivity index (χ3n) is 2.35. The number of nitrogens with zero attached hydrogens (tertiary/aromatic N) is 1. The Morgan fingerprint density at radius 3 is 2.56 bits per heavy atom. The van der Waals surface area contributed by atoms with Gasteiger partial charge in [0.1, 0.15) is 0 Å². The standard InChI is InChI=1S/C9H13NO6/c1-10(15-3)8(12)5-4-6(11)16-7(5)9(13)14-2/h5,7H,4H2,1-3H3. The number of carbonyl (C=O) groups excluding carboxylic acids is 3. The summed E-state index contributed by atoms with van der Waals surface area (Å²) in [6.45, 7) is 0. The predicted octanol–water partition coefficient (Wildman–Crippen LogP) is -0.889. The molecule has 1 saturated heterocycles. The van der Waals surface area contributed by atoms with Crippen LogP contribution in [0, 0.1) is 5.92 Å². The molecule has 2 atom stereocenters. The SMILES string of the molecule is COC(=O)C1OC(=O)CC1C(=O)N(C)OC. The van der Waals surface area contributed by atoms with Crippen LogP contribution >= 0.6 is 0 Å². The van der Waals surface area contributed by atoms with E-state index in [0.29, 0.717) is 0 Å². The number of rotatable bonds is 3. The van der Waals surface area contributed by atoms with Crippen LogP contribution in [0.5, 0.6) is 0 Å². The Balaban J connectivity index is 2.81. The summed E-state index contributed by atoms with van der Waals surface area (Å²) < 4.78 is 9.17. The molecular weight excluding hydrogens is 218 g/mol. The number of cyclic esters (lactones) is 1. The molecule has 1 rings (SSSR count). The Morgan fingerprint density at radius 1 is 1.44 bits per heavy atom. The van der Waals surface area contributed by atoms with Gasteiger partial charge in [0.05, 0.1) is 26.6 Å². The molecule has 0 radical (unpaired) electrons. The molecule has 1 heterocycles. The topological polar surface area (TPSA) is 82.1 Å². The van der Waals surface area contributed by atoms with Crippen molar-refractivity contribution in [2.24, 2.45) is 5.92 Å². The van der Waals surface area contributed by atoms with Gasteiger partial charge in [-0.05, 0) is 0 Å². The molecule has 90 valence electrons. The Morgan fingerprint density at radius 2 is 2.06 bits per heavy atom. The number of hydrogen-bond donors (Lipinski definition) is 0. The van der Waals surface area contributed by atoms with E-state index in [4.69, 9.17) is 4.74 Å². The van der Waals surface area contributed by atoms with Gasteiger partial charge in [-0.3, -0.25) is 14.4 Å². The lowest BCUT2D eigenvalue weighted by Crippen LogP contribution is -2.39. The summed E-state index contributed by atoms with van der Waals surface area (Å²) >= 11 is 0. The number of methoxy groups -OCH3 is 1. The van der Waals surface area contributed by atoms with E-state index in [2.05, 4.69) is 9.57 Å². The van der Waals surface area contributed by atoms with Crippen LogP contribution in [0.2, 0.25) is 0 Å². The van der Waals surface area contributed by atoms with E-state index >= 15 is 0 Å². The van der Waals surface area contributed by atoms with Crippen LogP contribution in [0.3, 0.4) is 0 Å². The highest BCUT2D eigenvalue weighted by molar-refractivity contribution is 5.93. The Bertz CT molecular complexity index is 315. The van der Waals surface area contributed by atoms with Crippen molar-refractivity contribution in [2.45, 2.75) is 12.5 Å². The van der Waals surface area contributed by atoms with Gasteiger partial charge in [0.15, 0.2) is 0 Å². The van der Waals surface area contributed by atoms with E-state index in [1.54, 1.807) is 0 Å². The van der Waals surface area contributed by atoms with Gasteiger partial charge in [0.25, 0.3) is 5.91 Å². The van der Waals surface area contributed by atoms with Crippen LogP contribution in [-0.2, 0) is 28.7 Å². The molecule has 0 saturated carbocycles. The van der Waals surface area contributed by atoms with E-state index in [1.807, 2.05) is 0 Å². The van der Waals surface area contributed by atoms with Crippen molar-refractivity contribution in [3.63, 3.8) is 0 Å². The highest BCUT2D eigenvalue weighted by Gasteiger charge is 2.46. The van der Waals surface area contributed by atoms with Crippen LogP contribution in [-0.4, -0.2) is 50.3 Å². The molecule has 0 spiro atoms. The largest absolute Gasteiger partial charge is 0.466 e. The molecule has 1 amide bonds. The fraction of sp³-hybridized carbons (Fsp3) is 0.667. The van der Waals surface area contributed by atoms with E-state index in [-0.39, 0.29) is 6.42 Å². The minimum absolute atomic E-state index is 0.147. The molecule has 0 N–H and O–H groups in total. The van der Waals surface area contributed by atoms with Crippen LogP contribution < -0.4 is 0 Å². The van der Waals surface area contributed by atoms with Gasteiger partial charge in [-0.1, -0.05) is 0 Å². The number of carbonyl (C=O) groups is 3. The van der Waals surface area contributed by atoms with Crippen molar-refractivity contribution in [3.05, 3.63) is 0 Å². The number of hydroxylamine groups is 2. The fourth-order valence-corrected chi connectivity index (χ4v) is 1.43. The minimum atomic E-state index is -1.18. The molecule has 0 aromatic heterocycles. The lowest BCUT2D eigenvalue weighted by atomic mass is 10.0. The third kappa shape index (κ3) is 2.30. The van der Waals surface area contributed by atoms with Crippen LogP contribution in [0.25, 0.3) is 0 Å². The zero-order valence-corrected chi connectivity index (χ0v) is 9.26. The first-order valence-corrected chi connectivity index (χ1v) is 4.60. The van der Waals surface area contributed by atoms with Crippen molar-refractivity contribution in [3.8, 4) is 0 Å². The van der Waals surface area contributed by atoms with Gasteiger partial charge in [-0.2, -0.15) is 0 Å². The fourth-order valence-electron chi connectivity index (χ4n) is 1.43. The molecule has 16 heavy (non-hydrogen) atoms. The molecule has 1 fully saturated rings. The van der Waals surface area contributed by atoms with Crippen LogP contribution in [0.1, 0.15) is 6.42 Å². The first kappa shape index (κ1) is 12.4. The molecule has 0 aromatic carbocycles. The van der Waals surface area contributed by atoms with Crippen molar-refractivity contribution < 1.29 is 28.7 Å². The molecule has 0 bridgehead atoms. The van der Waals surface area contributed by atoms with Crippen LogP contribution in [0.15, 0.2) is 0 Å². The van der Waals surface area contributed by atoms with Crippen molar-refractivity contribution >= 4 is 17.8 Å². The van der Waals surface area contributed by atoms with E-state index in [9.17, 15) is 14.4 Å². The van der Waals surface area contributed by atoms with E-state index in [0.717, 1.165) is 12.2 Å². The quantitative estimate of drug-likeness (QED) is 0.463. The van der Waals surface area contributed by atoms with Gasteiger partial charge in [0, 0.05) is 7.05 Å². The predicted molar refractivity (Wildman–Crippen MR) is 49.8 cm³/mol. The average Bonchev–Trinajstić information content (AvgIpc) is 2.68. The summed E-state index contributed by atoms with van der Waals surface area (Å²) in [6, 6.07) is 0. The molecule has 2 unspecified atom stereocenters. The maximum absolute atomic E-state index is 11.7. The summed E-state index contributed by atoms with van der Waals surface area (Å²) in [4.78, 5) is 38.7. The average molecular weight is 231 g/mol. The molecule has 1 aliphatic heterocycles. The maximum atomic E-state index is 11.7. The third-order valence-corrected chi connectivity index (χ3v) is 2.35. The lowest BCUT2D eigenvalue weighted by Gasteiger charge is -2.19. The second-order valence-electron chi connectivity index (χ2n) is 3.26. The zero-order chi connectivity index (χ0) is 12.3. The molecular formula is C9H13NO6. The second kappa shape index (κ2) is 4.93. The first-order chi connectivity index (χ1) is 7.51. The number of hydrogen-bond acceptors (Lipinski definition) is 6. The number of ether oxygens (including phenoxy) is 2. The van der Waals surface area contributed by atoms with Gasteiger partial charge >= 0.3 is 11.9 Å². The second-order valence-corrected chi connectivity index (χ2v) is 3.26. The smallest absolute Gasteiger partial charge is 0.348 e. The first-order valence-electron chi connectivity index (χ1n) is 4.60. The van der Waals surface area contributed by atoms with E-state index < -0.39 is 29.9 Å². The van der Waals surface area contributed by atoms with Crippen molar-refractivity contribution in [1.82, 2.24) is 5.06 Å². The summed E-state index contributed by atoms with van der Waals surface area (Å²) in [5.74, 6) is -2.72. The molecule has 7 heteroatoms. The van der Waals surface area contributed by atoms with Gasteiger partial charge in [-0.25, -0.2) is 9.86 Å². The molecule has 7 nitrogen and oxygen atoms in total. The van der Waals surface area contributed by atoms with Crippen molar-refractivity contribution in [1.29, 1.82) is 0 Å². The van der Waals surface area contributed by atoms with Gasteiger partial charge < -0.3 is 9.47 Å². The summed E-state index contributed by atoms with van der Waals surface area (Å²) in [7, 11) is 3.86. The monoisotopic (exact) mass is 231 g/mol. The Hall–Kier alpha value is -1.63. The van der Waals surface area contributed by atoms with Gasteiger partial charge in [0.2, 0.25) is 6.10 Å². The summed E-state index contributed by atoms with van der Waals surface area (Å²) in [6.07, 6.45) is -1.32. The van der Waals surface area contributed by atoms with Gasteiger partial charge in [-0.15, -0.1) is 0 Å². The lowest BCUT2D eigenvalue weighted by molar-refractivity contribution is -0.178.